The average molecular weight is 209 g/mol. The first-order chi connectivity index (χ1) is 7.29. The van der Waals surface area contributed by atoms with Gasteiger partial charge in [-0.05, 0) is 44.4 Å². The summed E-state index contributed by atoms with van der Waals surface area (Å²) in [6.07, 6.45) is 11.6. The van der Waals surface area contributed by atoms with Crippen molar-refractivity contribution in [1.29, 1.82) is 0 Å². The van der Waals surface area contributed by atoms with Crippen molar-refractivity contribution in [3.8, 4) is 0 Å². The van der Waals surface area contributed by atoms with Crippen LogP contribution in [0.5, 0.6) is 0 Å². The van der Waals surface area contributed by atoms with Crippen LogP contribution in [0, 0.1) is 11.8 Å². The van der Waals surface area contributed by atoms with Gasteiger partial charge >= 0.3 is 0 Å². The highest BCUT2D eigenvalue weighted by Crippen LogP contribution is 2.31. The molecule has 2 rings (SSSR count). The van der Waals surface area contributed by atoms with E-state index in [-0.39, 0.29) is 0 Å². The monoisotopic (exact) mass is 209 g/mol. The maximum Gasteiger partial charge on any atom is 0.00722 e. The van der Waals surface area contributed by atoms with Crippen LogP contribution in [0.2, 0.25) is 0 Å². The number of hydrogen-bond acceptors (Lipinski definition) is 1. The molecule has 1 heteroatoms. The first-order valence-corrected chi connectivity index (χ1v) is 7.05. The molecule has 0 aromatic carbocycles. The Kier molecular flexibility index (Phi) is 4.07. The van der Waals surface area contributed by atoms with Crippen molar-refractivity contribution in [2.75, 3.05) is 0 Å². The fourth-order valence-corrected chi connectivity index (χ4v) is 3.26. The van der Waals surface area contributed by atoms with Gasteiger partial charge in [0.25, 0.3) is 0 Å². The first kappa shape index (κ1) is 11.4. The molecule has 2 aliphatic carbocycles. The van der Waals surface area contributed by atoms with E-state index in [1.807, 2.05) is 0 Å². The van der Waals surface area contributed by atoms with Crippen LogP contribution in [0.25, 0.3) is 0 Å². The molecule has 0 saturated heterocycles. The minimum absolute atomic E-state index is 0.777. The fraction of sp³-hybridized carbons (Fsp3) is 1.00. The predicted molar refractivity (Wildman–Crippen MR) is 66.0 cm³/mol. The molecule has 0 radical (unpaired) electrons. The molecule has 0 aliphatic heterocycles. The van der Waals surface area contributed by atoms with Crippen LogP contribution < -0.4 is 5.32 Å². The van der Waals surface area contributed by atoms with Crippen molar-refractivity contribution in [2.24, 2.45) is 11.8 Å². The quantitative estimate of drug-likeness (QED) is 0.744. The molecule has 15 heavy (non-hydrogen) atoms. The van der Waals surface area contributed by atoms with E-state index in [0.717, 1.165) is 23.9 Å². The topological polar surface area (TPSA) is 12.0 Å². The highest BCUT2D eigenvalue weighted by Gasteiger charge is 2.27. The lowest BCUT2D eigenvalue weighted by atomic mass is 9.78. The lowest BCUT2D eigenvalue weighted by Gasteiger charge is -2.37. The van der Waals surface area contributed by atoms with Gasteiger partial charge in [0.1, 0.15) is 0 Å². The standard InChI is InChI=1S/C14H27N/c1-3-12-6-4-9-14(10-12)15-11(2)13-7-5-8-13/h11-15H,3-10H2,1-2H3. The summed E-state index contributed by atoms with van der Waals surface area (Å²) in [5, 5.41) is 3.89. The second-order valence-corrected chi connectivity index (χ2v) is 5.78. The second-order valence-electron chi connectivity index (χ2n) is 5.78. The molecule has 2 aliphatic rings. The molecule has 0 aromatic heterocycles. The van der Waals surface area contributed by atoms with E-state index in [4.69, 9.17) is 0 Å². The largest absolute Gasteiger partial charge is 0.311 e. The van der Waals surface area contributed by atoms with Gasteiger partial charge in [-0.15, -0.1) is 0 Å². The number of rotatable bonds is 4. The van der Waals surface area contributed by atoms with Crippen LogP contribution in [-0.2, 0) is 0 Å². The SMILES string of the molecule is CCC1CCCC(NC(C)C2CCC2)C1. The van der Waals surface area contributed by atoms with E-state index in [9.17, 15) is 0 Å². The summed E-state index contributed by atoms with van der Waals surface area (Å²) in [6, 6.07) is 1.61. The zero-order chi connectivity index (χ0) is 10.7. The van der Waals surface area contributed by atoms with Gasteiger partial charge in [-0.1, -0.05) is 32.6 Å². The van der Waals surface area contributed by atoms with Gasteiger partial charge in [0.05, 0.1) is 0 Å². The Labute approximate surface area is 95.0 Å². The van der Waals surface area contributed by atoms with E-state index >= 15 is 0 Å². The molecule has 1 N–H and O–H groups in total. The summed E-state index contributed by atoms with van der Waals surface area (Å²) in [5.41, 5.74) is 0. The van der Waals surface area contributed by atoms with Crippen molar-refractivity contribution in [3.63, 3.8) is 0 Å². The third-order valence-corrected chi connectivity index (χ3v) is 4.72. The summed E-state index contributed by atoms with van der Waals surface area (Å²) < 4.78 is 0. The van der Waals surface area contributed by atoms with E-state index < -0.39 is 0 Å². The van der Waals surface area contributed by atoms with Crippen LogP contribution in [0.1, 0.15) is 65.2 Å². The van der Waals surface area contributed by atoms with Gasteiger partial charge in [0.15, 0.2) is 0 Å². The number of hydrogen-bond donors (Lipinski definition) is 1. The second kappa shape index (κ2) is 5.34. The Morgan fingerprint density at radius 1 is 1.13 bits per heavy atom. The van der Waals surface area contributed by atoms with Crippen molar-refractivity contribution in [3.05, 3.63) is 0 Å². The Balaban J connectivity index is 1.72. The van der Waals surface area contributed by atoms with Gasteiger partial charge in [0.2, 0.25) is 0 Å². The van der Waals surface area contributed by atoms with Crippen molar-refractivity contribution in [2.45, 2.75) is 77.3 Å². The molecule has 1 nitrogen and oxygen atoms in total. The molecule has 2 saturated carbocycles. The molecule has 0 spiro atoms. The summed E-state index contributed by atoms with van der Waals surface area (Å²) in [5.74, 6) is 2.00. The predicted octanol–water partition coefficient (Wildman–Crippen LogP) is 3.73. The lowest BCUT2D eigenvalue weighted by Crippen LogP contribution is -2.44. The van der Waals surface area contributed by atoms with E-state index in [2.05, 4.69) is 19.2 Å². The summed E-state index contributed by atoms with van der Waals surface area (Å²) in [7, 11) is 0. The van der Waals surface area contributed by atoms with Crippen molar-refractivity contribution < 1.29 is 0 Å². The van der Waals surface area contributed by atoms with Crippen LogP contribution in [0.3, 0.4) is 0 Å². The zero-order valence-electron chi connectivity index (χ0n) is 10.5. The minimum atomic E-state index is 0.777. The summed E-state index contributed by atoms with van der Waals surface area (Å²) in [6.45, 7) is 4.75. The Bertz CT molecular complexity index is 186. The van der Waals surface area contributed by atoms with Crippen LogP contribution >= 0.6 is 0 Å². The van der Waals surface area contributed by atoms with E-state index in [1.165, 1.54) is 51.4 Å². The molecular weight excluding hydrogens is 182 g/mol. The van der Waals surface area contributed by atoms with Gasteiger partial charge < -0.3 is 5.32 Å². The van der Waals surface area contributed by atoms with Gasteiger partial charge in [0, 0.05) is 12.1 Å². The highest BCUT2D eigenvalue weighted by molar-refractivity contribution is 4.85. The Morgan fingerprint density at radius 2 is 1.87 bits per heavy atom. The summed E-state index contributed by atoms with van der Waals surface area (Å²) >= 11 is 0. The Morgan fingerprint density at radius 3 is 2.47 bits per heavy atom. The van der Waals surface area contributed by atoms with Crippen LogP contribution in [0.4, 0.5) is 0 Å². The van der Waals surface area contributed by atoms with Crippen LogP contribution in [0.15, 0.2) is 0 Å². The smallest absolute Gasteiger partial charge is 0.00722 e. The molecule has 0 bridgehead atoms. The Hall–Kier alpha value is -0.0400. The third-order valence-electron chi connectivity index (χ3n) is 4.72. The van der Waals surface area contributed by atoms with Gasteiger partial charge in [-0.3, -0.25) is 0 Å². The molecule has 0 heterocycles. The van der Waals surface area contributed by atoms with Crippen molar-refractivity contribution >= 4 is 0 Å². The molecule has 0 amide bonds. The molecule has 88 valence electrons. The third kappa shape index (κ3) is 2.96. The van der Waals surface area contributed by atoms with Crippen molar-refractivity contribution in [1.82, 2.24) is 5.32 Å². The van der Waals surface area contributed by atoms with Gasteiger partial charge in [-0.2, -0.15) is 0 Å². The lowest BCUT2D eigenvalue weighted by molar-refractivity contribution is 0.194. The summed E-state index contributed by atoms with van der Waals surface area (Å²) in [4.78, 5) is 0. The number of nitrogens with one attached hydrogen (secondary N) is 1. The fourth-order valence-electron chi connectivity index (χ4n) is 3.26. The average Bonchev–Trinajstić information content (AvgIpc) is 2.15. The minimum Gasteiger partial charge on any atom is -0.311 e. The van der Waals surface area contributed by atoms with E-state index in [1.54, 1.807) is 0 Å². The van der Waals surface area contributed by atoms with Gasteiger partial charge in [-0.25, -0.2) is 0 Å². The molecular formula is C14H27N. The maximum atomic E-state index is 3.89. The highest BCUT2D eigenvalue weighted by atomic mass is 15.0. The zero-order valence-corrected chi connectivity index (χ0v) is 10.5. The molecule has 0 aromatic rings. The normalized spacial score (nSPS) is 34.8. The molecule has 2 fully saturated rings. The molecule has 3 unspecified atom stereocenters. The first-order valence-electron chi connectivity index (χ1n) is 7.05. The van der Waals surface area contributed by atoms with E-state index in [0.29, 0.717) is 0 Å². The molecule has 3 atom stereocenters. The van der Waals surface area contributed by atoms with Crippen LogP contribution in [-0.4, -0.2) is 12.1 Å². The maximum absolute atomic E-state index is 3.89.